The molecule has 1 aliphatic heterocycles. The molecule has 1 aliphatic rings. The number of rotatable bonds is 5. The van der Waals surface area contributed by atoms with E-state index in [1.165, 1.54) is 5.56 Å². The third-order valence-corrected chi connectivity index (χ3v) is 4.66. The molecule has 0 spiro atoms. The van der Waals surface area contributed by atoms with Crippen LogP contribution in [-0.2, 0) is 19.4 Å². The summed E-state index contributed by atoms with van der Waals surface area (Å²) in [4.78, 5) is 31.3. The van der Waals surface area contributed by atoms with Crippen LogP contribution in [0.1, 0.15) is 27.2 Å². The molecule has 0 fully saturated rings. The lowest BCUT2D eigenvalue weighted by Gasteiger charge is -2.29. The van der Waals surface area contributed by atoms with Crippen molar-refractivity contribution in [1.29, 1.82) is 0 Å². The Hall–Kier alpha value is -3.35. The normalized spacial score (nSPS) is 13.1. The molecule has 7 heteroatoms. The van der Waals surface area contributed by atoms with Gasteiger partial charge in [0.15, 0.2) is 0 Å². The van der Waals surface area contributed by atoms with Crippen LogP contribution in [0.2, 0.25) is 0 Å². The van der Waals surface area contributed by atoms with Gasteiger partial charge in [-0.2, -0.15) is 0 Å². The van der Waals surface area contributed by atoms with E-state index in [2.05, 4.69) is 25.3 Å². The third kappa shape index (κ3) is 3.92. The molecule has 4 heterocycles. The van der Waals surface area contributed by atoms with Gasteiger partial charge in [-0.05, 0) is 42.7 Å². The number of nitrogens with one attached hydrogen (secondary N) is 1. The Balaban J connectivity index is 1.43. The second kappa shape index (κ2) is 7.90. The van der Waals surface area contributed by atoms with Crippen molar-refractivity contribution in [2.24, 2.45) is 0 Å². The lowest BCUT2D eigenvalue weighted by Crippen LogP contribution is -2.37. The molecule has 0 aromatic carbocycles. The quantitative estimate of drug-likeness (QED) is 0.750. The summed E-state index contributed by atoms with van der Waals surface area (Å²) in [6.07, 6.45) is 10.1. The van der Waals surface area contributed by atoms with E-state index in [-0.39, 0.29) is 5.91 Å². The van der Waals surface area contributed by atoms with Gasteiger partial charge in [-0.1, -0.05) is 0 Å². The van der Waals surface area contributed by atoms with Crippen LogP contribution >= 0.6 is 0 Å². The van der Waals surface area contributed by atoms with E-state index in [1.54, 1.807) is 43.2 Å². The summed E-state index contributed by atoms with van der Waals surface area (Å²) in [5.74, 6) is 0.849. The highest BCUT2D eigenvalue weighted by atomic mass is 16.2. The van der Waals surface area contributed by atoms with Gasteiger partial charge in [0.25, 0.3) is 5.91 Å². The minimum Gasteiger partial charge on any atom is -0.369 e. The number of carbonyl (C=O) groups is 1. The highest BCUT2D eigenvalue weighted by Crippen LogP contribution is 2.23. The van der Waals surface area contributed by atoms with Gasteiger partial charge in [0.2, 0.25) is 0 Å². The predicted molar refractivity (Wildman–Crippen MR) is 101 cm³/mol. The molecule has 3 aromatic heterocycles. The van der Waals surface area contributed by atoms with E-state index in [1.807, 2.05) is 17.0 Å². The standard InChI is InChI=1S/C20H20N6O/c27-20(16-2-1-7-22-12-16)26-11-6-17-18(13-26)24-14-25-19(17)23-10-5-15-3-8-21-9-4-15/h1-4,7-9,12,14H,5-6,10-11,13H2,(H,23,24,25). The molecular weight excluding hydrogens is 340 g/mol. The van der Waals surface area contributed by atoms with Crippen LogP contribution in [0, 0.1) is 0 Å². The van der Waals surface area contributed by atoms with Gasteiger partial charge >= 0.3 is 0 Å². The second-order valence-electron chi connectivity index (χ2n) is 6.40. The van der Waals surface area contributed by atoms with Gasteiger partial charge in [-0.25, -0.2) is 9.97 Å². The van der Waals surface area contributed by atoms with E-state index < -0.39 is 0 Å². The van der Waals surface area contributed by atoms with E-state index >= 15 is 0 Å². The number of hydrogen-bond donors (Lipinski definition) is 1. The molecule has 0 unspecified atom stereocenters. The van der Waals surface area contributed by atoms with E-state index in [9.17, 15) is 4.79 Å². The maximum absolute atomic E-state index is 12.6. The lowest BCUT2D eigenvalue weighted by atomic mass is 10.0. The summed E-state index contributed by atoms with van der Waals surface area (Å²) in [5.41, 5.74) is 3.83. The van der Waals surface area contributed by atoms with Crippen molar-refractivity contribution in [3.63, 3.8) is 0 Å². The number of pyridine rings is 2. The average molecular weight is 360 g/mol. The summed E-state index contributed by atoms with van der Waals surface area (Å²) < 4.78 is 0. The van der Waals surface area contributed by atoms with Crippen LogP contribution in [0.15, 0.2) is 55.4 Å². The molecule has 1 N–H and O–H groups in total. The van der Waals surface area contributed by atoms with Gasteiger partial charge in [0.05, 0.1) is 17.8 Å². The number of carbonyl (C=O) groups excluding carboxylic acids is 1. The molecule has 0 saturated heterocycles. The number of nitrogens with zero attached hydrogens (tertiary/aromatic N) is 5. The summed E-state index contributed by atoms with van der Waals surface area (Å²) in [7, 11) is 0. The zero-order valence-corrected chi connectivity index (χ0v) is 14.9. The molecule has 0 aliphatic carbocycles. The fraction of sp³-hybridized carbons (Fsp3) is 0.250. The van der Waals surface area contributed by atoms with Crippen LogP contribution in [0.4, 0.5) is 5.82 Å². The van der Waals surface area contributed by atoms with Crippen molar-refractivity contribution < 1.29 is 4.79 Å². The summed E-state index contributed by atoms with van der Waals surface area (Å²) in [6.45, 7) is 1.92. The Labute approximate surface area is 157 Å². The molecule has 27 heavy (non-hydrogen) atoms. The largest absolute Gasteiger partial charge is 0.369 e. The van der Waals surface area contributed by atoms with Gasteiger partial charge in [0.1, 0.15) is 12.1 Å². The van der Waals surface area contributed by atoms with Crippen molar-refractivity contribution in [3.8, 4) is 0 Å². The SMILES string of the molecule is O=C(c1cccnc1)N1CCc2c(ncnc2NCCc2ccncc2)C1. The number of aromatic nitrogens is 4. The highest BCUT2D eigenvalue weighted by Gasteiger charge is 2.25. The highest BCUT2D eigenvalue weighted by molar-refractivity contribution is 5.94. The Morgan fingerprint density at radius 2 is 2.00 bits per heavy atom. The number of anilines is 1. The first kappa shape index (κ1) is 17.1. The topological polar surface area (TPSA) is 83.9 Å². The minimum absolute atomic E-state index is 0.0143. The Morgan fingerprint density at radius 3 is 2.81 bits per heavy atom. The Bertz CT molecular complexity index is 916. The molecule has 0 radical (unpaired) electrons. The molecule has 0 atom stereocenters. The van der Waals surface area contributed by atoms with Crippen LogP contribution in [0.3, 0.4) is 0 Å². The van der Waals surface area contributed by atoms with Crippen molar-refractivity contribution in [2.45, 2.75) is 19.4 Å². The van der Waals surface area contributed by atoms with Crippen molar-refractivity contribution in [1.82, 2.24) is 24.8 Å². The second-order valence-corrected chi connectivity index (χ2v) is 6.40. The average Bonchev–Trinajstić information content (AvgIpc) is 2.74. The van der Waals surface area contributed by atoms with Gasteiger partial charge in [-0.15, -0.1) is 0 Å². The number of fused-ring (bicyclic) bond motifs is 1. The maximum Gasteiger partial charge on any atom is 0.255 e. The molecular formula is C20H20N6O. The molecule has 3 aromatic rings. The van der Waals surface area contributed by atoms with Crippen LogP contribution < -0.4 is 5.32 Å². The van der Waals surface area contributed by atoms with Gasteiger partial charge in [-0.3, -0.25) is 14.8 Å². The van der Waals surface area contributed by atoms with Crippen LogP contribution in [0.25, 0.3) is 0 Å². The van der Waals surface area contributed by atoms with Crippen molar-refractivity contribution in [2.75, 3.05) is 18.4 Å². The van der Waals surface area contributed by atoms with Gasteiger partial charge < -0.3 is 10.2 Å². The maximum atomic E-state index is 12.6. The van der Waals surface area contributed by atoms with Gasteiger partial charge in [0, 0.05) is 43.4 Å². The molecule has 4 rings (SSSR count). The number of hydrogen-bond acceptors (Lipinski definition) is 6. The summed E-state index contributed by atoms with van der Waals surface area (Å²) in [6, 6.07) is 7.59. The first-order chi connectivity index (χ1) is 13.3. The summed E-state index contributed by atoms with van der Waals surface area (Å²) in [5, 5.41) is 3.41. The molecule has 0 saturated carbocycles. The Morgan fingerprint density at radius 1 is 1.11 bits per heavy atom. The van der Waals surface area contributed by atoms with Crippen molar-refractivity contribution in [3.05, 3.63) is 77.8 Å². The van der Waals surface area contributed by atoms with E-state index in [0.29, 0.717) is 18.7 Å². The molecule has 0 bridgehead atoms. The smallest absolute Gasteiger partial charge is 0.255 e. The first-order valence-electron chi connectivity index (χ1n) is 8.96. The minimum atomic E-state index is -0.0143. The van der Waals surface area contributed by atoms with E-state index in [4.69, 9.17) is 0 Å². The molecule has 136 valence electrons. The van der Waals surface area contributed by atoms with Crippen LogP contribution in [-0.4, -0.2) is 43.8 Å². The predicted octanol–water partition coefficient (Wildman–Crippen LogP) is 2.12. The molecule has 1 amide bonds. The number of amides is 1. The zero-order chi connectivity index (χ0) is 18.5. The third-order valence-electron chi connectivity index (χ3n) is 4.66. The van der Waals surface area contributed by atoms with E-state index in [0.717, 1.165) is 36.5 Å². The fourth-order valence-corrected chi connectivity index (χ4v) is 3.23. The Kier molecular flexibility index (Phi) is 5.00. The lowest BCUT2D eigenvalue weighted by molar-refractivity contribution is 0.0731. The van der Waals surface area contributed by atoms with Crippen molar-refractivity contribution >= 4 is 11.7 Å². The molecule has 7 nitrogen and oxygen atoms in total. The monoisotopic (exact) mass is 360 g/mol. The fourth-order valence-electron chi connectivity index (χ4n) is 3.23. The first-order valence-corrected chi connectivity index (χ1v) is 8.96. The summed E-state index contributed by atoms with van der Waals surface area (Å²) >= 11 is 0. The zero-order valence-electron chi connectivity index (χ0n) is 14.9. The van der Waals surface area contributed by atoms with Crippen LogP contribution in [0.5, 0.6) is 0 Å².